The van der Waals surface area contributed by atoms with Gasteiger partial charge in [0.25, 0.3) is 5.91 Å². The van der Waals surface area contributed by atoms with Crippen molar-refractivity contribution in [2.24, 2.45) is 5.92 Å². The van der Waals surface area contributed by atoms with E-state index in [-0.39, 0.29) is 24.5 Å². The first-order chi connectivity index (χ1) is 11.0. The highest BCUT2D eigenvalue weighted by atomic mass is 16.3. The van der Waals surface area contributed by atoms with Crippen molar-refractivity contribution in [3.8, 4) is 11.3 Å². The van der Waals surface area contributed by atoms with Crippen LogP contribution in [0.5, 0.6) is 0 Å². The second-order valence-electron chi connectivity index (χ2n) is 6.03. The van der Waals surface area contributed by atoms with E-state index < -0.39 is 0 Å². The van der Waals surface area contributed by atoms with Gasteiger partial charge in [0.15, 0.2) is 0 Å². The topological polar surface area (TPSA) is 62.2 Å². The highest BCUT2D eigenvalue weighted by Crippen LogP contribution is 2.24. The second kappa shape index (κ2) is 7.88. The van der Waals surface area contributed by atoms with Gasteiger partial charge in [0.05, 0.1) is 5.69 Å². The van der Waals surface area contributed by atoms with Gasteiger partial charge < -0.3 is 10.4 Å². The second-order valence-corrected chi connectivity index (χ2v) is 6.03. The molecule has 0 saturated heterocycles. The predicted molar refractivity (Wildman–Crippen MR) is 92.2 cm³/mol. The number of pyridine rings is 1. The van der Waals surface area contributed by atoms with E-state index >= 15 is 0 Å². The number of nitrogens with one attached hydrogen (secondary N) is 1. The monoisotopic (exact) mass is 312 g/mol. The van der Waals surface area contributed by atoms with Gasteiger partial charge in [-0.1, -0.05) is 32.0 Å². The molecule has 1 aromatic carbocycles. The lowest BCUT2D eigenvalue weighted by atomic mass is 9.97. The zero-order chi connectivity index (χ0) is 16.8. The van der Waals surface area contributed by atoms with Crippen LogP contribution in [0.1, 0.15) is 36.2 Å². The molecule has 0 fully saturated rings. The molecule has 4 nitrogen and oxygen atoms in total. The van der Waals surface area contributed by atoms with E-state index in [0.29, 0.717) is 12.0 Å². The molecule has 1 heterocycles. The molecule has 2 aromatic rings. The van der Waals surface area contributed by atoms with Crippen LogP contribution in [0.4, 0.5) is 0 Å². The van der Waals surface area contributed by atoms with Crippen molar-refractivity contribution >= 4 is 5.91 Å². The highest BCUT2D eigenvalue weighted by Gasteiger charge is 2.19. The van der Waals surface area contributed by atoms with E-state index in [1.807, 2.05) is 57.2 Å². The molecule has 23 heavy (non-hydrogen) atoms. The first-order valence-electron chi connectivity index (χ1n) is 7.97. The van der Waals surface area contributed by atoms with Gasteiger partial charge in [-0.2, -0.15) is 0 Å². The fourth-order valence-electron chi connectivity index (χ4n) is 2.64. The van der Waals surface area contributed by atoms with Crippen LogP contribution in [0.3, 0.4) is 0 Å². The molecule has 0 bridgehead atoms. The van der Waals surface area contributed by atoms with Gasteiger partial charge in [-0.3, -0.25) is 9.78 Å². The molecule has 2 N–H and O–H groups in total. The Morgan fingerprint density at radius 3 is 2.61 bits per heavy atom. The molecule has 1 amide bonds. The number of rotatable bonds is 6. The van der Waals surface area contributed by atoms with Gasteiger partial charge in [-0.05, 0) is 43.0 Å². The van der Waals surface area contributed by atoms with Crippen molar-refractivity contribution in [1.29, 1.82) is 0 Å². The molecular formula is C19H24N2O2. The molecule has 0 saturated carbocycles. The standard InChI is InChI=1S/C19H24N2O2/c1-13(2)17(10-12-22)21-19(23)16-8-6-7-15(14(16)3)18-9-4-5-11-20-18/h4-9,11,13,17,22H,10,12H2,1-3H3,(H,21,23). The van der Waals surface area contributed by atoms with Crippen LogP contribution in [-0.2, 0) is 0 Å². The largest absolute Gasteiger partial charge is 0.396 e. The zero-order valence-corrected chi connectivity index (χ0v) is 13.9. The summed E-state index contributed by atoms with van der Waals surface area (Å²) in [6.07, 6.45) is 2.31. The van der Waals surface area contributed by atoms with Gasteiger partial charge in [-0.25, -0.2) is 0 Å². The Balaban J connectivity index is 2.28. The van der Waals surface area contributed by atoms with Crippen LogP contribution in [0.15, 0.2) is 42.6 Å². The maximum atomic E-state index is 12.6. The number of aromatic nitrogens is 1. The van der Waals surface area contributed by atoms with Crippen LogP contribution < -0.4 is 5.32 Å². The van der Waals surface area contributed by atoms with Crippen LogP contribution in [0.2, 0.25) is 0 Å². The normalized spacial score (nSPS) is 12.2. The van der Waals surface area contributed by atoms with Crippen molar-refractivity contribution in [3.63, 3.8) is 0 Å². The first-order valence-corrected chi connectivity index (χ1v) is 7.97. The Labute approximate surface area is 137 Å². The van der Waals surface area contributed by atoms with Crippen molar-refractivity contribution in [1.82, 2.24) is 10.3 Å². The summed E-state index contributed by atoms with van der Waals surface area (Å²) in [6.45, 7) is 6.08. The summed E-state index contributed by atoms with van der Waals surface area (Å²) in [5.41, 5.74) is 3.38. The van der Waals surface area contributed by atoms with Crippen molar-refractivity contribution in [2.75, 3.05) is 6.61 Å². The van der Waals surface area contributed by atoms with E-state index in [1.54, 1.807) is 6.20 Å². The van der Waals surface area contributed by atoms with E-state index in [1.165, 1.54) is 0 Å². The Hall–Kier alpha value is -2.20. The predicted octanol–water partition coefficient (Wildman–Crippen LogP) is 3.19. The van der Waals surface area contributed by atoms with Crippen LogP contribution in [-0.4, -0.2) is 28.6 Å². The quantitative estimate of drug-likeness (QED) is 0.861. The molecule has 122 valence electrons. The summed E-state index contributed by atoms with van der Waals surface area (Å²) in [5, 5.41) is 12.2. The maximum absolute atomic E-state index is 12.6. The summed E-state index contributed by atoms with van der Waals surface area (Å²) in [7, 11) is 0. The summed E-state index contributed by atoms with van der Waals surface area (Å²) in [5.74, 6) is 0.165. The number of carbonyl (C=O) groups is 1. The van der Waals surface area contributed by atoms with Crippen LogP contribution in [0, 0.1) is 12.8 Å². The average molecular weight is 312 g/mol. The number of aliphatic hydroxyl groups is 1. The Kier molecular flexibility index (Phi) is 5.88. The minimum Gasteiger partial charge on any atom is -0.396 e. The first kappa shape index (κ1) is 17.2. The van der Waals surface area contributed by atoms with Gasteiger partial charge in [0, 0.05) is 30.0 Å². The lowest BCUT2D eigenvalue weighted by Crippen LogP contribution is -2.39. The number of nitrogens with zero attached hydrogens (tertiary/aromatic N) is 1. The molecule has 0 spiro atoms. The van der Waals surface area contributed by atoms with Gasteiger partial charge in [-0.15, -0.1) is 0 Å². The number of hydrogen-bond acceptors (Lipinski definition) is 3. The van der Waals surface area contributed by atoms with Crippen LogP contribution in [0.25, 0.3) is 11.3 Å². The molecule has 0 aliphatic carbocycles. The fraction of sp³-hybridized carbons (Fsp3) is 0.368. The fourth-order valence-corrected chi connectivity index (χ4v) is 2.64. The summed E-state index contributed by atoms with van der Waals surface area (Å²) in [6, 6.07) is 11.4. The van der Waals surface area contributed by atoms with E-state index in [4.69, 9.17) is 5.11 Å². The number of benzene rings is 1. The number of hydrogen-bond donors (Lipinski definition) is 2. The highest BCUT2D eigenvalue weighted by molar-refractivity contribution is 5.97. The molecule has 0 radical (unpaired) electrons. The maximum Gasteiger partial charge on any atom is 0.251 e. The smallest absolute Gasteiger partial charge is 0.251 e. The Morgan fingerprint density at radius 2 is 2.00 bits per heavy atom. The number of aliphatic hydroxyl groups excluding tert-OH is 1. The molecule has 0 aliphatic heterocycles. The van der Waals surface area contributed by atoms with Crippen molar-refractivity contribution in [3.05, 3.63) is 53.7 Å². The Morgan fingerprint density at radius 1 is 1.22 bits per heavy atom. The molecule has 0 aliphatic rings. The molecule has 4 heteroatoms. The lowest BCUT2D eigenvalue weighted by Gasteiger charge is -2.22. The summed E-state index contributed by atoms with van der Waals surface area (Å²) in [4.78, 5) is 17.0. The van der Waals surface area contributed by atoms with Crippen LogP contribution >= 0.6 is 0 Å². The molecule has 1 unspecified atom stereocenters. The van der Waals surface area contributed by atoms with Crippen molar-refractivity contribution < 1.29 is 9.90 Å². The lowest BCUT2D eigenvalue weighted by molar-refractivity contribution is 0.0916. The zero-order valence-electron chi connectivity index (χ0n) is 13.9. The number of carbonyl (C=O) groups excluding carboxylic acids is 1. The van der Waals surface area contributed by atoms with E-state index in [2.05, 4.69) is 10.3 Å². The molecular weight excluding hydrogens is 288 g/mol. The summed E-state index contributed by atoms with van der Waals surface area (Å²) >= 11 is 0. The average Bonchev–Trinajstić information content (AvgIpc) is 2.55. The third kappa shape index (κ3) is 4.17. The third-order valence-electron chi connectivity index (χ3n) is 4.08. The van der Waals surface area contributed by atoms with Crippen molar-refractivity contribution in [2.45, 2.75) is 33.2 Å². The van der Waals surface area contributed by atoms with E-state index in [9.17, 15) is 4.79 Å². The number of amides is 1. The SMILES string of the molecule is Cc1c(C(=O)NC(CCO)C(C)C)cccc1-c1ccccn1. The molecule has 2 rings (SSSR count). The van der Waals surface area contributed by atoms with Gasteiger partial charge >= 0.3 is 0 Å². The van der Waals surface area contributed by atoms with Gasteiger partial charge in [0.2, 0.25) is 0 Å². The molecule has 1 atom stereocenters. The minimum absolute atomic E-state index is 0.0367. The Bertz CT molecular complexity index is 654. The third-order valence-corrected chi connectivity index (χ3v) is 4.08. The summed E-state index contributed by atoms with van der Waals surface area (Å²) < 4.78 is 0. The minimum atomic E-state index is -0.104. The molecule has 1 aromatic heterocycles. The van der Waals surface area contributed by atoms with E-state index in [0.717, 1.165) is 16.8 Å². The van der Waals surface area contributed by atoms with Gasteiger partial charge in [0.1, 0.15) is 0 Å².